The van der Waals surface area contributed by atoms with E-state index in [1.807, 2.05) is 11.0 Å². The molecule has 1 saturated carbocycles. The van der Waals surface area contributed by atoms with Crippen LogP contribution < -0.4 is 0 Å². The number of fused-ring (bicyclic) bond motifs is 2. The molecule has 2 bridgehead atoms. The van der Waals surface area contributed by atoms with Crippen LogP contribution in [0.3, 0.4) is 0 Å². The van der Waals surface area contributed by atoms with E-state index in [1.165, 1.54) is 5.56 Å². The van der Waals surface area contributed by atoms with E-state index in [0.717, 1.165) is 45.4 Å². The number of likely N-dealkylation sites (tertiary alicyclic amines) is 1. The molecule has 5 heteroatoms. The molecular formula is C23H33N3O2. The lowest BCUT2D eigenvalue weighted by Crippen LogP contribution is -2.53. The van der Waals surface area contributed by atoms with E-state index < -0.39 is 0 Å². The van der Waals surface area contributed by atoms with Crippen LogP contribution >= 0.6 is 0 Å². The number of carbonyl (C=O) groups excluding carboxylic acids is 2. The Morgan fingerprint density at radius 3 is 2.32 bits per heavy atom. The van der Waals surface area contributed by atoms with Crippen LogP contribution in [0.1, 0.15) is 45.6 Å². The average molecular weight is 384 g/mol. The third-order valence-electron chi connectivity index (χ3n) is 6.77. The predicted octanol–water partition coefficient (Wildman–Crippen LogP) is 2.76. The van der Waals surface area contributed by atoms with E-state index in [-0.39, 0.29) is 28.7 Å². The molecule has 2 amide bonds. The van der Waals surface area contributed by atoms with Crippen molar-refractivity contribution >= 4 is 11.8 Å². The van der Waals surface area contributed by atoms with Crippen LogP contribution in [0, 0.1) is 10.8 Å². The molecule has 0 aromatic heterocycles. The second kappa shape index (κ2) is 7.18. The lowest BCUT2D eigenvalue weighted by molar-refractivity contribution is -0.153. The first-order chi connectivity index (χ1) is 13.2. The fourth-order valence-electron chi connectivity index (χ4n) is 5.91. The van der Waals surface area contributed by atoms with E-state index in [0.29, 0.717) is 13.1 Å². The fourth-order valence-corrected chi connectivity index (χ4v) is 5.91. The van der Waals surface area contributed by atoms with Crippen LogP contribution in [0.5, 0.6) is 0 Å². The zero-order valence-electron chi connectivity index (χ0n) is 17.5. The van der Waals surface area contributed by atoms with Crippen molar-refractivity contribution in [2.75, 3.05) is 32.7 Å². The SMILES string of the molecule is CC1(C)CC2CC(C)(CN2C(=O)C(=O)N2CCN(Cc3ccccc3)CC2)C1. The normalized spacial score (nSPS) is 29.8. The van der Waals surface area contributed by atoms with Gasteiger partial charge in [0.25, 0.3) is 0 Å². The maximum Gasteiger partial charge on any atom is 0.312 e. The summed E-state index contributed by atoms with van der Waals surface area (Å²) in [6.07, 6.45) is 3.18. The Morgan fingerprint density at radius 1 is 0.964 bits per heavy atom. The van der Waals surface area contributed by atoms with Gasteiger partial charge in [0, 0.05) is 45.3 Å². The molecule has 28 heavy (non-hydrogen) atoms. The van der Waals surface area contributed by atoms with E-state index in [9.17, 15) is 9.59 Å². The molecule has 5 nitrogen and oxygen atoms in total. The van der Waals surface area contributed by atoms with E-state index in [1.54, 1.807) is 4.90 Å². The van der Waals surface area contributed by atoms with Crippen LogP contribution in [-0.4, -0.2) is 65.3 Å². The number of carbonyl (C=O) groups is 2. The van der Waals surface area contributed by atoms with Gasteiger partial charge in [-0.1, -0.05) is 51.1 Å². The average Bonchev–Trinajstić information content (AvgIpc) is 2.90. The number of piperazine rings is 1. The van der Waals surface area contributed by atoms with Gasteiger partial charge in [-0.25, -0.2) is 0 Å². The summed E-state index contributed by atoms with van der Waals surface area (Å²) in [5, 5.41) is 0. The highest BCUT2D eigenvalue weighted by atomic mass is 16.2. The van der Waals surface area contributed by atoms with E-state index in [2.05, 4.69) is 49.9 Å². The second-order valence-electron chi connectivity index (χ2n) is 10.2. The molecular weight excluding hydrogens is 350 g/mol. The smallest absolute Gasteiger partial charge is 0.312 e. The van der Waals surface area contributed by atoms with Crippen molar-refractivity contribution in [2.45, 2.75) is 52.6 Å². The molecule has 152 valence electrons. The lowest BCUT2D eigenvalue weighted by Gasteiger charge is -2.39. The summed E-state index contributed by atoms with van der Waals surface area (Å²) >= 11 is 0. The maximum atomic E-state index is 13.0. The van der Waals surface area contributed by atoms with Gasteiger partial charge in [0.05, 0.1) is 0 Å². The summed E-state index contributed by atoms with van der Waals surface area (Å²) in [6.45, 7) is 11.4. The molecule has 0 radical (unpaired) electrons. The third kappa shape index (κ3) is 3.95. The Kier molecular flexibility index (Phi) is 4.98. The van der Waals surface area contributed by atoms with Crippen molar-refractivity contribution in [3.05, 3.63) is 35.9 Å². The Morgan fingerprint density at radius 2 is 1.64 bits per heavy atom. The molecule has 2 aliphatic heterocycles. The van der Waals surface area contributed by atoms with Crippen LogP contribution in [0.15, 0.2) is 30.3 Å². The number of hydrogen-bond donors (Lipinski definition) is 0. The number of rotatable bonds is 2. The fraction of sp³-hybridized carbons (Fsp3) is 0.652. The van der Waals surface area contributed by atoms with Gasteiger partial charge in [0.15, 0.2) is 0 Å². The quantitative estimate of drug-likeness (QED) is 0.738. The molecule has 1 aliphatic carbocycles. The zero-order chi connectivity index (χ0) is 19.9. The topological polar surface area (TPSA) is 43.9 Å². The molecule has 0 N–H and O–H groups in total. The summed E-state index contributed by atoms with van der Waals surface area (Å²) in [5.41, 5.74) is 1.70. The first kappa shape index (κ1) is 19.4. The van der Waals surface area contributed by atoms with Gasteiger partial charge in [-0.15, -0.1) is 0 Å². The van der Waals surface area contributed by atoms with E-state index in [4.69, 9.17) is 0 Å². The molecule has 4 rings (SSSR count). The lowest BCUT2D eigenvalue weighted by atomic mass is 9.65. The van der Waals surface area contributed by atoms with Gasteiger partial charge in [0.1, 0.15) is 0 Å². The second-order valence-corrected chi connectivity index (χ2v) is 10.2. The van der Waals surface area contributed by atoms with Gasteiger partial charge in [-0.05, 0) is 35.7 Å². The van der Waals surface area contributed by atoms with Gasteiger partial charge < -0.3 is 9.80 Å². The first-order valence-corrected chi connectivity index (χ1v) is 10.6. The van der Waals surface area contributed by atoms with Crippen LogP contribution in [0.25, 0.3) is 0 Å². The summed E-state index contributed by atoms with van der Waals surface area (Å²) in [6, 6.07) is 10.6. The predicted molar refractivity (Wildman–Crippen MR) is 110 cm³/mol. The molecule has 0 spiro atoms. The Labute approximate surface area is 168 Å². The summed E-state index contributed by atoms with van der Waals surface area (Å²) in [7, 11) is 0. The maximum absolute atomic E-state index is 13.0. The summed E-state index contributed by atoms with van der Waals surface area (Å²) < 4.78 is 0. The van der Waals surface area contributed by atoms with Crippen LogP contribution in [0.4, 0.5) is 0 Å². The van der Waals surface area contributed by atoms with Crippen molar-refractivity contribution in [2.24, 2.45) is 10.8 Å². The molecule has 2 saturated heterocycles. The molecule has 3 fully saturated rings. The van der Waals surface area contributed by atoms with E-state index >= 15 is 0 Å². The highest BCUT2D eigenvalue weighted by molar-refractivity contribution is 6.35. The molecule has 1 aromatic rings. The Bertz CT molecular complexity index is 739. The number of hydrogen-bond acceptors (Lipinski definition) is 3. The minimum Gasteiger partial charge on any atom is -0.332 e. The molecule has 2 atom stereocenters. The van der Waals surface area contributed by atoms with Gasteiger partial charge in [-0.2, -0.15) is 0 Å². The van der Waals surface area contributed by atoms with Crippen molar-refractivity contribution < 1.29 is 9.59 Å². The van der Waals surface area contributed by atoms with Crippen LogP contribution in [-0.2, 0) is 16.1 Å². The van der Waals surface area contributed by atoms with Gasteiger partial charge >= 0.3 is 11.8 Å². The van der Waals surface area contributed by atoms with Crippen LogP contribution in [0.2, 0.25) is 0 Å². The summed E-state index contributed by atoms with van der Waals surface area (Å²) in [5.74, 6) is -0.573. The zero-order valence-corrected chi connectivity index (χ0v) is 17.5. The van der Waals surface area contributed by atoms with Crippen molar-refractivity contribution in [3.8, 4) is 0 Å². The van der Waals surface area contributed by atoms with Crippen molar-refractivity contribution in [3.63, 3.8) is 0 Å². The monoisotopic (exact) mass is 383 g/mol. The molecule has 2 unspecified atom stereocenters. The first-order valence-electron chi connectivity index (χ1n) is 10.6. The van der Waals surface area contributed by atoms with Crippen molar-refractivity contribution in [1.82, 2.24) is 14.7 Å². The Balaban J connectivity index is 1.34. The molecule has 2 heterocycles. The van der Waals surface area contributed by atoms with Gasteiger partial charge in [-0.3, -0.25) is 14.5 Å². The largest absolute Gasteiger partial charge is 0.332 e. The minimum absolute atomic E-state index is 0.163. The molecule has 3 aliphatic rings. The third-order valence-corrected chi connectivity index (χ3v) is 6.77. The van der Waals surface area contributed by atoms with Crippen molar-refractivity contribution in [1.29, 1.82) is 0 Å². The highest BCUT2D eigenvalue weighted by Crippen LogP contribution is 2.52. The Hall–Kier alpha value is -1.88. The molecule has 1 aromatic carbocycles. The number of amides is 2. The number of nitrogens with zero attached hydrogens (tertiary/aromatic N) is 3. The number of benzene rings is 1. The minimum atomic E-state index is -0.298. The summed E-state index contributed by atoms with van der Waals surface area (Å²) in [4.78, 5) is 32.0. The standard InChI is InChI=1S/C23H33N3O2/c1-22(2)13-19-14-23(3,16-22)17-26(19)21(28)20(27)25-11-9-24(10-12-25)15-18-7-5-4-6-8-18/h4-8,19H,9-17H2,1-3H3. The van der Waals surface area contributed by atoms with Gasteiger partial charge in [0.2, 0.25) is 0 Å². The highest BCUT2D eigenvalue weighted by Gasteiger charge is 2.52.